The third-order valence-electron chi connectivity index (χ3n) is 3.55. The van der Waals surface area contributed by atoms with E-state index in [1.165, 1.54) is 32.1 Å². The number of nitrogens with zero attached hydrogens (tertiary/aromatic N) is 3. The van der Waals surface area contributed by atoms with E-state index in [1.54, 1.807) is 6.20 Å². The van der Waals surface area contributed by atoms with E-state index in [2.05, 4.69) is 22.9 Å². The molecule has 0 amide bonds. The van der Waals surface area contributed by atoms with Gasteiger partial charge in [-0.15, -0.1) is 0 Å². The molecular formula is C14H19N3. The lowest BCUT2D eigenvalue weighted by molar-refractivity contribution is 0.418. The van der Waals surface area contributed by atoms with E-state index in [9.17, 15) is 0 Å². The van der Waals surface area contributed by atoms with Gasteiger partial charge >= 0.3 is 0 Å². The summed E-state index contributed by atoms with van der Waals surface area (Å²) in [6, 6.07) is 6.67. The molecule has 90 valence electrons. The molecule has 0 N–H and O–H groups in total. The van der Waals surface area contributed by atoms with E-state index in [0.717, 1.165) is 12.2 Å². The van der Waals surface area contributed by atoms with Gasteiger partial charge in [-0.3, -0.25) is 0 Å². The Bertz CT molecular complexity index is 402. The van der Waals surface area contributed by atoms with Gasteiger partial charge in [0.05, 0.1) is 0 Å². The van der Waals surface area contributed by atoms with Crippen molar-refractivity contribution >= 4 is 5.69 Å². The zero-order valence-corrected chi connectivity index (χ0v) is 10.4. The largest absolute Gasteiger partial charge is 0.369 e. The Hall–Kier alpha value is -1.56. The van der Waals surface area contributed by atoms with Gasteiger partial charge in [0.15, 0.2) is 0 Å². The first-order valence-electron chi connectivity index (χ1n) is 6.48. The van der Waals surface area contributed by atoms with Crippen LogP contribution in [-0.2, 0) is 0 Å². The molecule has 1 aliphatic carbocycles. The van der Waals surface area contributed by atoms with E-state index >= 15 is 0 Å². The lowest BCUT2D eigenvalue weighted by Gasteiger charge is -2.35. The van der Waals surface area contributed by atoms with Crippen molar-refractivity contribution in [3.8, 4) is 6.07 Å². The summed E-state index contributed by atoms with van der Waals surface area (Å²) in [5.41, 5.74) is 1.66. The van der Waals surface area contributed by atoms with Gasteiger partial charge in [-0.25, -0.2) is 4.98 Å². The average Bonchev–Trinajstić information content (AvgIpc) is 2.41. The van der Waals surface area contributed by atoms with E-state index in [4.69, 9.17) is 5.26 Å². The summed E-state index contributed by atoms with van der Waals surface area (Å²) in [7, 11) is 0. The SMILES string of the molecule is CCN(c1ccnc(C#N)c1)C1CCCCC1. The van der Waals surface area contributed by atoms with Crippen LogP contribution in [0.3, 0.4) is 0 Å². The van der Waals surface area contributed by atoms with Crippen molar-refractivity contribution in [2.45, 2.75) is 45.1 Å². The summed E-state index contributed by atoms with van der Waals surface area (Å²) in [5, 5.41) is 8.90. The van der Waals surface area contributed by atoms with E-state index in [1.807, 2.05) is 12.1 Å². The highest BCUT2D eigenvalue weighted by Gasteiger charge is 2.20. The van der Waals surface area contributed by atoms with E-state index < -0.39 is 0 Å². The number of hydrogen-bond donors (Lipinski definition) is 0. The molecule has 1 fully saturated rings. The van der Waals surface area contributed by atoms with Gasteiger partial charge in [0.25, 0.3) is 0 Å². The Morgan fingerprint density at radius 3 is 2.82 bits per heavy atom. The molecule has 3 heteroatoms. The first-order chi connectivity index (χ1) is 8.35. The first-order valence-corrected chi connectivity index (χ1v) is 6.48. The fourth-order valence-electron chi connectivity index (χ4n) is 2.70. The van der Waals surface area contributed by atoms with Crippen LogP contribution in [0.15, 0.2) is 18.3 Å². The number of nitriles is 1. The zero-order valence-electron chi connectivity index (χ0n) is 10.4. The molecule has 1 heterocycles. The van der Waals surface area contributed by atoms with Crippen molar-refractivity contribution in [1.82, 2.24) is 4.98 Å². The maximum Gasteiger partial charge on any atom is 0.142 e. The number of rotatable bonds is 3. The molecule has 0 radical (unpaired) electrons. The Morgan fingerprint density at radius 2 is 2.18 bits per heavy atom. The lowest BCUT2D eigenvalue weighted by Crippen LogP contribution is -2.36. The van der Waals surface area contributed by atoms with Crippen molar-refractivity contribution in [3.63, 3.8) is 0 Å². The minimum Gasteiger partial charge on any atom is -0.369 e. The van der Waals surface area contributed by atoms with Crippen LogP contribution in [0.4, 0.5) is 5.69 Å². The van der Waals surface area contributed by atoms with Crippen LogP contribution >= 0.6 is 0 Å². The van der Waals surface area contributed by atoms with Crippen molar-refractivity contribution in [2.75, 3.05) is 11.4 Å². The fourth-order valence-corrected chi connectivity index (χ4v) is 2.70. The Labute approximate surface area is 103 Å². The minimum absolute atomic E-state index is 0.511. The molecule has 0 aliphatic heterocycles. The van der Waals surface area contributed by atoms with Crippen LogP contribution in [0.25, 0.3) is 0 Å². The number of hydrogen-bond acceptors (Lipinski definition) is 3. The van der Waals surface area contributed by atoms with Gasteiger partial charge in [0.2, 0.25) is 0 Å². The molecule has 1 saturated carbocycles. The normalized spacial score (nSPS) is 16.5. The quantitative estimate of drug-likeness (QED) is 0.799. The molecule has 0 unspecified atom stereocenters. The van der Waals surface area contributed by atoms with Gasteiger partial charge in [0.1, 0.15) is 11.8 Å². The molecule has 17 heavy (non-hydrogen) atoms. The predicted molar refractivity (Wildman–Crippen MR) is 68.8 cm³/mol. The Morgan fingerprint density at radius 1 is 1.41 bits per heavy atom. The highest BCUT2D eigenvalue weighted by molar-refractivity contribution is 5.49. The van der Waals surface area contributed by atoms with Gasteiger partial charge in [-0.2, -0.15) is 5.26 Å². The lowest BCUT2D eigenvalue weighted by atomic mass is 9.94. The molecular weight excluding hydrogens is 210 g/mol. The first kappa shape index (κ1) is 11.9. The van der Waals surface area contributed by atoms with Crippen LogP contribution < -0.4 is 4.90 Å². The summed E-state index contributed by atoms with van der Waals surface area (Å²) < 4.78 is 0. The standard InChI is InChI=1S/C14H19N3/c1-2-17(13-6-4-3-5-7-13)14-8-9-16-12(10-14)11-15/h8-10,13H,2-7H2,1H3. The molecule has 0 saturated heterocycles. The van der Waals surface area contributed by atoms with Crippen LogP contribution in [0.1, 0.15) is 44.7 Å². The number of pyridine rings is 1. The van der Waals surface area contributed by atoms with Gasteiger partial charge < -0.3 is 4.90 Å². The predicted octanol–water partition coefficient (Wildman–Crippen LogP) is 3.11. The number of anilines is 1. The minimum atomic E-state index is 0.511. The highest BCUT2D eigenvalue weighted by atomic mass is 15.2. The third-order valence-corrected chi connectivity index (χ3v) is 3.55. The summed E-state index contributed by atoms with van der Waals surface area (Å²) in [6.45, 7) is 3.18. The van der Waals surface area contributed by atoms with Crippen molar-refractivity contribution in [2.24, 2.45) is 0 Å². The maximum absolute atomic E-state index is 8.90. The van der Waals surface area contributed by atoms with E-state index in [-0.39, 0.29) is 0 Å². The molecule has 1 aliphatic rings. The van der Waals surface area contributed by atoms with Crippen LogP contribution in [0.5, 0.6) is 0 Å². The highest BCUT2D eigenvalue weighted by Crippen LogP contribution is 2.27. The second-order valence-electron chi connectivity index (χ2n) is 4.59. The molecule has 0 spiro atoms. The van der Waals surface area contributed by atoms with Crippen LogP contribution in [-0.4, -0.2) is 17.6 Å². The van der Waals surface area contributed by atoms with Crippen LogP contribution in [0.2, 0.25) is 0 Å². The maximum atomic E-state index is 8.90. The molecule has 3 nitrogen and oxygen atoms in total. The van der Waals surface area contributed by atoms with Crippen molar-refractivity contribution < 1.29 is 0 Å². The van der Waals surface area contributed by atoms with Gasteiger partial charge in [-0.05, 0) is 31.9 Å². The van der Waals surface area contributed by atoms with Crippen molar-refractivity contribution in [3.05, 3.63) is 24.0 Å². The molecule has 0 atom stereocenters. The molecule has 0 aromatic carbocycles. The van der Waals surface area contributed by atoms with E-state index in [0.29, 0.717) is 11.7 Å². The molecule has 2 rings (SSSR count). The van der Waals surface area contributed by atoms with Crippen LogP contribution in [0, 0.1) is 11.3 Å². The zero-order chi connectivity index (χ0) is 12.1. The number of aromatic nitrogens is 1. The average molecular weight is 229 g/mol. The topological polar surface area (TPSA) is 39.9 Å². The summed E-state index contributed by atoms with van der Waals surface area (Å²) in [5.74, 6) is 0. The second-order valence-corrected chi connectivity index (χ2v) is 4.59. The third kappa shape index (κ3) is 2.76. The van der Waals surface area contributed by atoms with Gasteiger partial charge in [0, 0.05) is 24.5 Å². The Balaban J connectivity index is 2.18. The smallest absolute Gasteiger partial charge is 0.142 e. The fraction of sp³-hybridized carbons (Fsp3) is 0.571. The molecule has 1 aromatic heterocycles. The summed E-state index contributed by atoms with van der Waals surface area (Å²) >= 11 is 0. The molecule has 1 aromatic rings. The van der Waals surface area contributed by atoms with Gasteiger partial charge in [-0.1, -0.05) is 19.3 Å². The second kappa shape index (κ2) is 5.67. The van der Waals surface area contributed by atoms with Crippen molar-refractivity contribution in [1.29, 1.82) is 5.26 Å². The Kier molecular flexibility index (Phi) is 3.98. The summed E-state index contributed by atoms with van der Waals surface area (Å²) in [6.07, 6.45) is 8.32. The monoisotopic (exact) mass is 229 g/mol. The molecule has 0 bridgehead atoms. The summed E-state index contributed by atoms with van der Waals surface area (Å²) in [4.78, 5) is 6.45.